The molecule has 3 rings (SSSR count). The molecule has 2 aromatic carbocycles. The van der Waals surface area contributed by atoms with Gasteiger partial charge < -0.3 is 4.90 Å². The largest absolute Gasteiger partial charge is 0.342 e. The Morgan fingerprint density at radius 1 is 1.00 bits per heavy atom. The van der Waals surface area contributed by atoms with Crippen LogP contribution in [-0.4, -0.2) is 39.4 Å². The highest BCUT2D eigenvalue weighted by molar-refractivity contribution is 7.92. The fourth-order valence-electron chi connectivity index (χ4n) is 2.97. The summed E-state index contributed by atoms with van der Waals surface area (Å²) in [6.07, 6.45) is 2.51. The lowest BCUT2D eigenvalue weighted by Gasteiger charge is -2.20. The van der Waals surface area contributed by atoms with E-state index in [2.05, 4.69) is 0 Å². The third-order valence-corrected chi connectivity index (χ3v) is 6.32. The molecule has 0 saturated carbocycles. The number of carbonyl (C=O) groups excluding carboxylic acids is 1. The highest BCUT2D eigenvalue weighted by Crippen LogP contribution is 2.22. The van der Waals surface area contributed by atoms with E-state index in [1.165, 1.54) is 11.4 Å². The zero-order chi connectivity index (χ0) is 17.9. The number of nitrogens with zero attached hydrogens (tertiary/aromatic N) is 2. The number of sulfonamides is 1. The SMILES string of the molecule is CN(c1ccc(CC(=O)N2CCCC2)cc1)S(=O)(=O)c1ccccc1. The summed E-state index contributed by atoms with van der Waals surface area (Å²) in [7, 11) is -2.05. The van der Waals surface area contributed by atoms with Crippen molar-refractivity contribution in [1.29, 1.82) is 0 Å². The number of rotatable bonds is 5. The van der Waals surface area contributed by atoms with Crippen LogP contribution in [-0.2, 0) is 21.2 Å². The van der Waals surface area contributed by atoms with Crippen LogP contribution < -0.4 is 4.31 Å². The Morgan fingerprint density at radius 3 is 2.20 bits per heavy atom. The van der Waals surface area contributed by atoms with E-state index in [1.807, 2.05) is 17.0 Å². The van der Waals surface area contributed by atoms with Crippen molar-refractivity contribution in [1.82, 2.24) is 4.90 Å². The minimum Gasteiger partial charge on any atom is -0.342 e. The molecule has 0 atom stereocenters. The molecule has 1 aliphatic heterocycles. The smallest absolute Gasteiger partial charge is 0.264 e. The number of anilines is 1. The van der Waals surface area contributed by atoms with E-state index in [9.17, 15) is 13.2 Å². The zero-order valence-corrected chi connectivity index (χ0v) is 15.1. The van der Waals surface area contributed by atoms with Gasteiger partial charge in [-0.1, -0.05) is 30.3 Å². The summed E-state index contributed by atoms with van der Waals surface area (Å²) >= 11 is 0. The van der Waals surface area contributed by atoms with Crippen molar-refractivity contribution in [2.45, 2.75) is 24.2 Å². The maximum atomic E-state index is 12.6. The van der Waals surface area contributed by atoms with Crippen molar-refractivity contribution in [3.8, 4) is 0 Å². The molecule has 5 nitrogen and oxygen atoms in total. The molecule has 1 heterocycles. The number of carbonyl (C=O) groups is 1. The third kappa shape index (κ3) is 3.85. The summed E-state index contributed by atoms with van der Waals surface area (Å²) in [6, 6.07) is 15.5. The van der Waals surface area contributed by atoms with Gasteiger partial charge in [0.25, 0.3) is 10.0 Å². The molecule has 0 radical (unpaired) electrons. The Bertz CT molecular complexity index is 827. The predicted octanol–water partition coefficient (Wildman–Crippen LogP) is 2.68. The van der Waals surface area contributed by atoms with Gasteiger partial charge in [-0.2, -0.15) is 0 Å². The first-order valence-corrected chi connectivity index (χ1v) is 9.83. The zero-order valence-electron chi connectivity index (χ0n) is 14.3. The van der Waals surface area contributed by atoms with Crippen LogP contribution in [0.15, 0.2) is 59.5 Å². The standard InChI is InChI=1S/C19H22N2O3S/c1-20(25(23,24)18-7-3-2-4-8-18)17-11-9-16(10-12-17)15-19(22)21-13-5-6-14-21/h2-4,7-12H,5-6,13-15H2,1H3. The van der Waals surface area contributed by atoms with Gasteiger partial charge in [-0.25, -0.2) is 8.42 Å². The molecule has 0 unspecified atom stereocenters. The molecular weight excluding hydrogens is 336 g/mol. The van der Waals surface area contributed by atoms with Crippen LogP contribution in [0.2, 0.25) is 0 Å². The van der Waals surface area contributed by atoms with Gasteiger partial charge in [-0.3, -0.25) is 9.10 Å². The predicted molar refractivity (Wildman–Crippen MR) is 98.0 cm³/mol. The van der Waals surface area contributed by atoms with Gasteiger partial charge in [0.2, 0.25) is 5.91 Å². The first kappa shape index (κ1) is 17.5. The molecule has 1 aliphatic rings. The van der Waals surface area contributed by atoms with Crippen LogP contribution in [0.5, 0.6) is 0 Å². The molecule has 0 N–H and O–H groups in total. The Kier molecular flexibility index (Phi) is 5.08. The highest BCUT2D eigenvalue weighted by atomic mass is 32.2. The lowest BCUT2D eigenvalue weighted by atomic mass is 10.1. The molecule has 0 bridgehead atoms. The van der Waals surface area contributed by atoms with Crippen LogP contribution in [0.4, 0.5) is 5.69 Å². The molecule has 0 aromatic heterocycles. The van der Waals surface area contributed by atoms with E-state index in [1.54, 1.807) is 42.5 Å². The molecule has 132 valence electrons. The molecule has 6 heteroatoms. The average Bonchev–Trinajstić information content (AvgIpc) is 3.17. The molecule has 2 aromatic rings. The first-order valence-electron chi connectivity index (χ1n) is 8.39. The van der Waals surface area contributed by atoms with Crippen LogP contribution in [0.3, 0.4) is 0 Å². The van der Waals surface area contributed by atoms with Gasteiger partial charge in [0.05, 0.1) is 17.0 Å². The minimum atomic E-state index is -3.58. The van der Waals surface area contributed by atoms with Crippen LogP contribution >= 0.6 is 0 Å². The topological polar surface area (TPSA) is 57.7 Å². The maximum absolute atomic E-state index is 12.6. The van der Waals surface area contributed by atoms with Crippen molar-refractivity contribution in [2.24, 2.45) is 0 Å². The average molecular weight is 358 g/mol. The molecule has 1 fully saturated rings. The summed E-state index contributed by atoms with van der Waals surface area (Å²) in [5.74, 6) is 0.135. The van der Waals surface area contributed by atoms with Crippen molar-refractivity contribution < 1.29 is 13.2 Å². The second kappa shape index (κ2) is 7.27. The molecule has 0 aliphatic carbocycles. The molecule has 1 saturated heterocycles. The third-order valence-electron chi connectivity index (χ3n) is 4.52. The Morgan fingerprint density at radius 2 is 1.60 bits per heavy atom. The fourth-order valence-corrected chi connectivity index (χ4v) is 4.18. The van der Waals surface area contributed by atoms with Gasteiger partial charge in [0, 0.05) is 20.1 Å². The summed E-state index contributed by atoms with van der Waals surface area (Å²) in [5, 5.41) is 0. The van der Waals surface area contributed by atoms with E-state index in [0.29, 0.717) is 12.1 Å². The summed E-state index contributed by atoms with van der Waals surface area (Å²) in [6.45, 7) is 1.68. The Balaban J connectivity index is 1.72. The summed E-state index contributed by atoms with van der Waals surface area (Å²) < 4.78 is 26.5. The van der Waals surface area contributed by atoms with Gasteiger partial charge in [-0.15, -0.1) is 0 Å². The van der Waals surface area contributed by atoms with Gasteiger partial charge in [0.15, 0.2) is 0 Å². The van der Waals surface area contributed by atoms with Crippen molar-refractivity contribution in [3.05, 3.63) is 60.2 Å². The molecular formula is C19H22N2O3S. The van der Waals surface area contributed by atoms with Crippen molar-refractivity contribution in [3.63, 3.8) is 0 Å². The second-order valence-electron chi connectivity index (χ2n) is 6.22. The molecule has 0 spiro atoms. The Labute approximate surface area is 148 Å². The van der Waals surface area contributed by atoms with Gasteiger partial charge in [-0.05, 0) is 42.7 Å². The fraction of sp³-hybridized carbons (Fsp3) is 0.316. The molecule has 1 amide bonds. The Hall–Kier alpha value is -2.34. The second-order valence-corrected chi connectivity index (χ2v) is 8.19. The van der Waals surface area contributed by atoms with E-state index < -0.39 is 10.0 Å². The van der Waals surface area contributed by atoms with E-state index >= 15 is 0 Å². The van der Waals surface area contributed by atoms with Crippen LogP contribution in [0, 0.1) is 0 Å². The number of benzene rings is 2. The van der Waals surface area contributed by atoms with E-state index in [0.717, 1.165) is 31.5 Å². The maximum Gasteiger partial charge on any atom is 0.264 e. The monoisotopic (exact) mass is 358 g/mol. The minimum absolute atomic E-state index is 0.135. The van der Waals surface area contributed by atoms with E-state index in [-0.39, 0.29) is 10.8 Å². The quantitative estimate of drug-likeness (QED) is 0.826. The molecule has 25 heavy (non-hydrogen) atoms. The number of hydrogen-bond donors (Lipinski definition) is 0. The van der Waals surface area contributed by atoms with Crippen molar-refractivity contribution >= 4 is 21.6 Å². The van der Waals surface area contributed by atoms with Crippen LogP contribution in [0.25, 0.3) is 0 Å². The lowest BCUT2D eigenvalue weighted by Crippen LogP contribution is -2.29. The normalized spacial score (nSPS) is 14.5. The van der Waals surface area contributed by atoms with Crippen LogP contribution in [0.1, 0.15) is 18.4 Å². The number of hydrogen-bond acceptors (Lipinski definition) is 3. The van der Waals surface area contributed by atoms with E-state index in [4.69, 9.17) is 0 Å². The number of amides is 1. The lowest BCUT2D eigenvalue weighted by molar-refractivity contribution is -0.129. The van der Waals surface area contributed by atoms with Gasteiger partial charge in [0.1, 0.15) is 0 Å². The summed E-state index contributed by atoms with van der Waals surface area (Å²) in [5.41, 5.74) is 1.47. The first-order chi connectivity index (χ1) is 12.0. The summed E-state index contributed by atoms with van der Waals surface area (Å²) in [4.78, 5) is 14.3. The highest BCUT2D eigenvalue weighted by Gasteiger charge is 2.21. The number of likely N-dealkylation sites (tertiary alicyclic amines) is 1. The van der Waals surface area contributed by atoms with Crippen molar-refractivity contribution in [2.75, 3.05) is 24.4 Å². The van der Waals surface area contributed by atoms with Gasteiger partial charge >= 0.3 is 0 Å².